The van der Waals surface area contributed by atoms with Gasteiger partial charge >= 0.3 is 19.8 Å². The van der Waals surface area contributed by atoms with Crippen molar-refractivity contribution in [2.75, 3.05) is 0 Å². The molecule has 0 saturated carbocycles. The van der Waals surface area contributed by atoms with Crippen LogP contribution in [-0.4, -0.2) is 19.8 Å². The van der Waals surface area contributed by atoms with Crippen molar-refractivity contribution in [2.24, 2.45) is 0 Å². The second-order valence-electron chi connectivity index (χ2n) is 0. The van der Waals surface area contributed by atoms with Crippen LogP contribution in [0.1, 0.15) is 0 Å². The van der Waals surface area contributed by atoms with E-state index in [1.807, 2.05) is 0 Å². The number of rotatable bonds is 0. The van der Waals surface area contributed by atoms with E-state index in [1.165, 1.54) is 0 Å². The molecule has 0 N–H and O–H groups in total. The molecular formula is H3AgGaPdTa. The largest absolute Gasteiger partial charge is 0 e. The van der Waals surface area contributed by atoms with Crippen molar-refractivity contribution in [1.82, 2.24) is 0 Å². The zero-order valence-electron chi connectivity index (χ0n) is 1.06. The van der Waals surface area contributed by atoms with E-state index in [2.05, 4.69) is 0 Å². The zero-order chi connectivity index (χ0) is 0. The maximum Gasteiger partial charge on any atom is 0 e. The standard InChI is InChI=1S/Ag.Ga.Pd.Ta.3H. The molecule has 0 bridgehead atoms. The SMILES string of the molecule is [Ag].[GaH3].[Pd].[Ta]. The van der Waals surface area contributed by atoms with Crippen LogP contribution in [0.4, 0.5) is 0 Å². The molecule has 0 aromatic rings. The Bertz CT molecular complexity index is 8.00. The van der Waals surface area contributed by atoms with E-state index in [9.17, 15) is 0 Å². The van der Waals surface area contributed by atoms with Crippen molar-refractivity contribution in [3.8, 4) is 0 Å². The predicted octanol–water partition coefficient (Wildman–Crippen LogP) is -1.19. The van der Waals surface area contributed by atoms with E-state index < -0.39 is 0 Å². The van der Waals surface area contributed by atoms with Crippen molar-refractivity contribution in [3.05, 3.63) is 0 Å². The monoisotopic (exact) mass is 466 g/mol. The molecule has 0 aromatic carbocycles. The van der Waals surface area contributed by atoms with E-state index in [4.69, 9.17) is 0 Å². The van der Waals surface area contributed by atoms with Gasteiger partial charge < -0.3 is 0 Å². The maximum absolute atomic E-state index is 0. The van der Waals surface area contributed by atoms with Crippen molar-refractivity contribution >= 4 is 19.8 Å². The molecule has 4 heavy (non-hydrogen) atoms. The summed E-state index contributed by atoms with van der Waals surface area (Å²) in [5, 5.41) is 0. The molecule has 32 valence electrons. The van der Waals surface area contributed by atoms with Gasteiger partial charge in [-0.1, -0.05) is 0 Å². The quantitative estimate of drug-likeness (QED) is 0.393. The number of hydrogen-bond donors (Lipinski definition) is 0. The molecule has 0 aliphatic heterocycles. The summed E-state index contributed by atoms with van der Waals surface area (Å²) in [5.74, 6) is 0. The third kappa shape index (κ3) is 8.84. The molecule has 0 heterocycles. The molecule has 0 nitrogen and oxygen atoms in total. The first-order chi connectivity index (χ1) is 0. The third-order valence-corrected chi connectivity index (χ3v) is 0. The van der Waals surface area contributed by atoms with Crippen molar-refractivity contribution < 1.29 is 65.2 Å². The van der Waals surface area contributed by atoms with Gasteiger partial charge in [0.2, 0.25) is 0 Å². The fourth-order valence-corrected chi connectivity index (χ4v) is 0. The van der Waals surface area contributed by atoms with Gasteiger partial charge in [-0.25, -0.2) is 0 Å². The van der Waals surface area contributed by atoms with Gasteiger partial charge in [-0.2, -0.15) is 0 Å². The summed E-state index contributed by atoms with van der Waals surface area (Å²) in [6, 6.07) is 0. The fraction of sp³-hybridized carbons (Fsp3) is 0. The van der Waals surface area contributed by atoms with E-state index in [0.717, 1.165) is 0 Å². The molecule has 0 spiro atoms. The summed E-state index contributed by atoms with van der Waals surface area (Å²) in [4.78, 5) is 0. The number of hydrogen-bond acceptors (Lipinski definition) is 0. The molecule has 0 aliphatic carbocycles. The first-order valence-corrected chi connectivity index (χ1v) is 0. The molecule has 0 atom stereocenters. The van der Waals surface area contributed by atoms with Gasteiger partial charge in [0.15, 0.2) is 0 Å². The molecule has 2 radical (unpaired) electrons. The Morgan fingerprint density at radius 1 is 1.00 bits per heavy atom. The molecular weight excluding hydrogens is 465 g/mol. The summed E-state index contributed by atoms with van der Waals surface area (Å²) in [6.07, 6.45) is 0. The Balaban J connectivity index is 0. The molecule has 4 heteroatoms. The minimum absolute atomic E-state index is 0. The topological polar surface area (TPSA) is 0 Å². The smallest absolute Gasteiger partial charge is 0 e. The predicted molar refractivity (Wildman–Crippen MR) is 9.94 cm³/mol. The van der Waals surface area contributed by atoms with Crippen molar-refractivity contribution in [1.29, 1.82) is 0 Å². The van der Waals surface area contributed by atoms with Gasteiger partial charge in [-0.15, -0.1) is 0 Å². The van der Waals surface area contributed by atoms with Crippen LogP contribution in [0.5, 0.6) is 0 Å². The first kappa shape index (κ1) is 29.3. The Hall–Kier alpha value is 2.78. The van der Waals surface area contributed by atoms with E-state index in [0.29, 0.717) is 0 Å². The van der Waals surface area contributed by atoms with Crippen LogP contribution in [0.15, 0.2) is 0 Å². The van der Waals surface area contributed by atoms with E-state index in [1.54, 1.807) is 0 Å². The minimum atomic E-state index is 0. The average Bonchev–Trinajstić information content (AvgIpc) is 0. The summed E-state index contributed by atoms with van der Waals surface area (Å²) < 4.78 is 0. The Labute approximate surface area is 83.6 Å². The van der Waals surface area contributed by atoms with Gasteiger partial charge in [-0.05, 0) is 0 Å². The summed E-state index contributed by atoms with van der Waals surface area (Å²) in [7, 11) is 0. The summed E-state index contributed by atoms with van der Waals surface area (Å²) >= 11 is 0. The van der Waals surface area contributed by atoms with Crippen LogP contribution in [0.25, 0.3) is 0 Å². The van der Waals surface area contributed by atoms with Gasteiger partial charge in [0.25, 0.3) is 0 Å². The third-order valence-electron chi connectivity index (χ3n) is 0. The molecule has 0 amide bonds. The van der Waals surface area contributed by atoms with Crippen LogP contribution in [0.2, 0.25) is 0 Å². The molecule has 0 aromatic heterocycles. The maximum atomic E-state index is 0. The van der Waals surface area contributed by atoms with Gasteiger partial charge in [-0.3, -0.25) is 0 Å². The van der Waals surface area contributed by atoms with Crippen LogP contribution in [-0.2, 0) is 65.2 Å². The van der Waals surface area contributed by atoms with Crippen molar-refractivity contribution in [2.45, 2.75) is 0 Å². The normalized spacial score (nSPS) is 0. The molecule has 0 unspecified atom stereocenters. The van der Waals surface area contributed by atoms with Crippen LogP contribution >= 0.6 is 0 Å². The van der Waals surface area contributed by atoms with Crippen LogP contribution in [0, 0.1) is 0 Å². The van der Waals surface area contributed by atoms with Gasteiger partial charge in [0.1, 0.15) is 0 Å². The second kappa shape index (κ2) is 17.1. The second-order valence-corrected chi connectivity index (χ2v) is 0. The summed E-state index contributed by atoms with van der Waals surface area (Å²) in [5.41, 5.74) is 0. The molecule has 0 rings (SSSR count). The van der Waals surface area contributed by atoms with E-state index >= 15 is 0 Å². The fourth-order valence-electron chi connectivity index (χ4n) is 0. The molecule has 0 fully saturated rings. The Kier molecular flexibility index (Phi) is 125. The minimum Gasteiger partial charge on any atom is 0 e. The Morgan fingerprint density at radius 2 is 1.00 bits per heavy atom. The summed E-state index contributed by atoms with van der Waals surface area (Å²) in [6.45, 7) is 0. The van der Waals surface area contributed by atoms with Crippen LogP contribution in [0.3, 0.4) is 0 Å². The van der Waals surface area contributed by atoms with Gasteiger partial charge in [0, 0.05) is 65.2 Å². The van der Waals surface area contributed by atoms with Gasteiger partial charge in [0.05, 0.1) is 0 Å². The average molecular weight is 468 g/mol. The zero-order valence-corrected chi connectivity index (χ0v) is 7.32. The molecule has 0 saturated heterocycles. The van der Waals surface area contributed by atoms with E-state index in [-0.39, 0.29) is 85.0 Å². The Morgan fingerprint density at radius 3 is 1.00 bits per heavy atom. The first-order valence-electron chi connectivity index (χ1n) is 0. The van der Waals surface area contributed by atoms with Crippen molar-refractivity contribution in [3.63, 3.8) is 0 Å². The molecule has 0 aliphatic rings. The van der Waals surface area contributed by atoms with Crippen LogP contribution < -0.4 is 0 Å².